The van der Waals surface area contributed by atoms with Gasteiger partial charge in [0.1, 0.15) is 11.6 Å². The van der Waals surface area contributed by atoms with E-state index in [0.29, 0.717) is 0 Å². The number of rotatable bonds is 7. The second kappa shape index (κ2) is 10.1. The van der Waals surface area contributed by atoms with Gasteiger partial charge in [-0.2, -0.15) is 0 Å². The number of hydrogen-bond donors (Lipinski definition) is 2. The zero-order valence-electron chi connectivity index (χ0n) is 20.8. The maximum Gasteiger partial charge on any atom is 0.138 e. The van der Waals surface area contributed by atoms with E-state index in [4.69, 9.17) is 9.72 Å². The highest BCUT2D eigenvalue weighted by atomic mass is 16.5. The van der Waals surface area contributed by atoms with Crippen LogP contribution in [0.5, 0.6) is 5.75 Å². The number of aromatic amines is 1. The fraction of sp³-hybridized carbons (Fsp3) is 0.300. The molecule has 1 aliphatic rings. The number of ether oxygens (including phenoxy) is 1. The van der Waals surface area contributed by atoms with Crippen molar-refractivity contribution in [2.45, 2.75) is 25.3 Å². The van der Waals surface area contributed by atoms with Crippen LogP contribution in [0.25, 0.3) is 11.4 Å². The maximum atomic E-state index is 5.47. The van der Waals surface area contributed by atoms with Crippen LogP contribution < -0.4 is 10.1 Å². The number of piperazine rings is 1. The predicted molar refractivity (Wildman–Crippen MR) is 142 cm³/mol. The summed E-state index contributed by atoms with van der Waals surface area (Å²) in [5.41, 5.74) is 5.45. The summed E-state index contributed by atoms with van der Waals surface area (Å²) in [6.45, 7) is 8.40. The molecule has 5 nitrogen and oxygen atoms in total. The van der Waals surface area contributed by atoms with Crippen LogP contribution in [0, 0.1) is 6.92 Å². The van der Waals surface area contributed by atoms with E-state index in [1.54, 1.807) is 7.11 Å². The lowest BCUT2D eigenvalue weighted by atomic mass is 9.72. The Morgan fingerprint density at radius 2 is 1.51 bits per heavy atom. The first-order valence-corrected chi connectivity index (χ1v) is 12.4. The van der Waals surface area contributed by atoms with Gasteiger partial charge in [0, 0.05) is 43.4 Å². The van der Waals surface area contributed by atoms with Crippen LogP contribution in [0.1, 0.15) is 35.4 Å². The number of H-pyrrole nitrogens is 1. The zero-order chi connectivity index (χ0) is 24.3. The SMILES string of the molecule is COc1cccc(-c2nc(C(C)(C(c3ccccc3)c3ccccc3)N3CCNCC3)c(C)[nH]2)c1. The molecule has 2 heterocycles. The van der Waals surface area contributed by atoms with Crippen LogP contribution in [0.2, 0.25) is 0 Å². The lowest BCUT2D eigenvalue weighted by Crippen LogP contribution is -2.56. The van der Waals surface area contributed by atoms with Gasteiger partial charge in [-0.3, -0.25) is 4.90 Å². The predicted octanol–water partition coefficient (Wildman–Crippen LogP) is 5.35. The molecule has 1 aliphatic heterocycles. The molecule has 1 saturated heterocycles. The lowest BCUT2D eigenvalue weighted by Gasteiger charge is -2.48. The topological polar surface area (TPSA) is 53.2 Å². The lowest BCUT2D eigenvalue weighted by molar-refractivity contribution is 0.0673. The molecule has 0 radical (unpaired) electrons. The highest BCUT2D eigenvalue weighted by Gasteiger charge is 2.46. The number of methoxy groups -OCH3 is 1. The number of nitrogens with one attached hydrogen (secondary N) is 2. The Bertz CT molecular complexity index is 1210. The maximum absolute atomic E-state index is 5.47. The molecule has 0 bridgehead atoms. The van der Waals surface area contributed by atoms with Crippen LogP contribution in [0.15, 0.2) is 84.9 Å². The smallest absolute Gasteiger partial charge is 0.138 e. The third kappa shape index (κ3) is 4.49. The Balaban J connectivity index is 1.70. The molecule has 5 rings (SSSR count). The normalized spacial score (nSPS) is 16.2. The molecule has 0 aliphatic carbocycles. The van der Waals surface area contributed by atoms with Gasteiger partial charge in [-0.15, -0.1) is 0 Å². The van der Waals surface area contributed by atoms with Gasteiger partial charge in [0.15, 0.2) is 0 Å². The van der Waals surface area contributed by atoms with Crippen molar-refractivity contribution in [3.8, 4) is 17.1 Å². The fourth-order valence-corrected chi connectivity index (χ4v) is 5.59. The van der Waals surface area contributed by atoms with Crippen molar-refractivity contribution in [3.63, 3.8) is 0 Å². The average molecular weight is 467 g/mol. The van der Waals surface area contributed by atoms with Gasteiger partial charge < -0.3 is 15.0 Å². The van der Waals surface area contributed by atoms with E-state index in [0.717, 1.165) is 54.7 Å². The van der Waals surface area contributed by atoms with Crippen LogP contribution in [-0.4, -0.2) is 48.2 Å². The van der Waals surface area contributed by atoms with Crippen LogP contribution in [-0.2, 0) is 5.54 Å². The molecular weight excluding hydrogens is 432 g/mol. The van der Waals surface area contributed by atoms with E-state index in [9.17, 15) is 0 Å². The molecule has 1 aromatic heterocycles. The number of benzene rings is 3. The van der Waals surface area contributed by atoms with Gasteiger partial charge in [-0.1, -0.05) is 72.8 Å². The van der Waals surface area contributed by atoms with E-state index in [-0.39, 0.29) is 11.5 Å². The van der Waals surface area contributed by atoms with Crippen molar-refractivity contribution in [3.05, 3.63) is 107 Å². The first-order chi connectivity index (χ1) is 17.1. The Hall–Kier alpha value is -3.41. The monoisotopic (exact) mass is 466 g/mol. The van der Waals surface area contributed by atoms with E-state index >= 15 is 0 Å². The molecular formula is C30H34N4O. The Morgan fingerprint density at radius 1 is 0.886 bits per heavy atom. The molecule has 0 amide bonds. The summed E-state index contributed by atoms with van der Waals surface area (Å²) in [4.78, 5) is 11.5. The quantitative estimate of drug-likeness (QED) is 0.386. The fourth-order valence-electron chi connectivity index (χ4n) is 5.59. The summed E-state index contributed by atoms with van der Waals surface area (Å²) in [5, 5.41) is 3.53. The van der Waals surface area contributed by atoms with Crippen molar-refractivity contribution in [2.24, 2.45) is 0 Å². The van der Waals surface area contributed by atoms with E-state index in [1.165, 1.54) is 11.1 Å². The first kappa shape index (κ1) is 23.3. The molecule has 1 fully saturated rings. The van der Waals surface area contributed by atoms with Gasteiger partial charge in [-0.25, -0.2) is 4.98 Å². The van der Waals surface area contributed by atoms with Crippen LogP contribution >= 0.6 is 0 Å². The minimum atomic E-state index is -0.359. The van der Waals surface area contributed by atoms with Crippen molar-refractivity contribution in [2.75, 3.05) is 33.3 Å². The van der Waals surface area contributed by atoms with Crippen molar-refractivity contribution < 1.29 is 4.74 Å². The minimum Gasteiger partial charge on any atom is -0.497 e. The van der Waals surface area contributed by atoms with Crippen molar-refractivity contribution in [1.29, 1.82) is 0 Å². The summed E-state index contributed by atoms with van der Waals surface area (Å²) in [7, 11) is 1.70. The van der Waals surface area contributed by atoms with Gasteiger partial charge in [0.2, 0.25) is 0 Å². The first-order valence-electron chi connectivity index (χ1n) is 12.4. The molecule has 0 spiro atoms. The molecule has 1 unspecified atom stereocenters. The van der Waals surface area contributed by atoms with Gasteiger partial charge in [0.25, 0.3) is 0 Å². The van der Waals surface area contributed by atoms with Gasteiger partial charge >= 0.3 is 0 Å². The third-order valence-corrected chi connectivity index (χ3v) is 7.31. The van der Waals surface area contributed by atoms with Crippen LogP contribution in [0.4, 0.5) is 0 Å². The standard InChI is InChI=1S/C30H34N4O/c1-22-28(33-29(32-22)25-15-10-16-26(21-25)35-3)30(2,34-19-17-31-18-20-34)27(23-11-6-4-7-12-23)24-13-8-5-9-14-24/h4-16,21,27,31H,17-20H2,1-3H3,(H,32,33). The Morgan fingerprint density at radius 3 is 2.11 bits per heavy atom. The summed E-state index contributed by atoms with van der Waals surface area (Å²) < 4.78 is 5.47. The summed E-state index contributed by atoms with van der Waals surface area (Å²) in [6.07, 6.45) is 0. The Labute approximate surface area is 208 Å². The molecule has 35 heavy (non-hydrogen) atoms. The summed E-state index contributed by atoms with van der Waals surface area (Å²) in [6, 6.07) is 29.9. The van der Waals surface area contributed by atoms with E-state index in [2.05, 4.69) is 95.8 Å². The molecule has 1 atom stereocenters. The highest BCUT2D eigenvalue weighted by molar-refractivity contribution is 5.59. The minimum absolute atomic E-state index is 0.114. The largest absolute Gasteiger partial charge is 0.497 e. The number of aryl methyl sites for hydroxylation is 1. The molecule has 4 aromatic rings. The number of hydrogen-bond acceptors (Lipinski definition) is 4. The van der Waals surface area contributed by atoms with E-state index in [1.807, 2.05) is 18.2 Å². The number of nitrogens with zero attached hydrogens (tertiary/aromatic N) is 2. The molecule has 2 N–H and O–H groups in total. The molecule has 3 aromatic carbocycles. The third-order valence-electron chi connectivity index (χ3n) is 7.31. The second-order valence-electron chi connectivity index (χ2n) is 9.43. The summed E-state index contributed by atoms with van der Waals surface area (Å²) in [5.74, 6) is 1.82. The van der Waals surface area contributed by atoms with Crippen molar-refractivity contribution in [1.82, 2.24) is 20.2 Å². The van der Waals surface area contributed by atoms with E-state index < -0.39 is 0 Å². The summed E-state index contributed by atoms with van der Waals surface area (Å²) >= 11 is 0. The zero-order valence-corrected chi connectivity index (χ0v) is 20.8. The van der Waals surface area contributed by atoms with Gasteiger partial charge in [-0.05, 0) is 37.1 Å². The van der Waals surface area contributed by atoms with Crippen molar-refractivity contribution >= 4 is 0 Å². The number of aromatic nitrogens is 2. The molecule has 0 saturated carbocycles. The van der Waals surface area contributed by atoms with Gasteiger partial charge in [0.05, 0.1) is 18.3 Å². The number of imidazole rings is 1. The average Bonchev–Trinajstić information content (AvgIpc) is 3.32. The molecule has 180 valence electrons. The second-order valence-corrected chi connectivity index (χ2v) is 9.43. The molecule has 5 heteroatoms. The Kier molecular flexibility index (Phi) is 6.71. The highest BCUT2D eigenvalue weighted by Crippen LogP contribution is 2.47. The van der Waals surface area contributed by atoms with Crippen LogP contribution in [0.3, 0.4) is 0 Å².